The van der Waals surface area contributed by atoms with Gasteiger partial charge in [-0.3, -0.25) is 14.5 Å². The molecule has 0 aromatic heterocycles. The lowest BCUT2D eigenvalue weighted by Gasteiger charge is -2.30. The number of benzene rings is 1. The zero-order valence-corrected chi connectivity index (χ0v) is 14.6. The van der Waals surface area contributed by atoms with Gasteiger partial charge in [0.05, 0.1) is 19.1 Å². The van der Waals surface area contributed by atoms with Crippen LogP contribution in [-0.4, -0.2) is 54.3 Å². The molecule has 0 radical (unpaired) electrons. The van der Waals surface area contributed by atoms with E-state index in [1.165, 1.54) is 12.1 Å². The summed E-state index contributed by atoms with van der Waals surface area (Å²) >= 11 is 0. The van der Waals surface area contributed by atoms with Gasteiger partial charge in [-0.05, 0) is 51.4 Å². The fourth-order valence-electron chi connectivity index (χ4n) is 2.71. The van der Waals surface area contributed by atoms with Crippen molar-refractivity contribution in [2.45, 2.75) is 38.8 Å². The van der Waals surface area contributed by atoms with E-state index in [0.717, 1.165) is 18.4 Å². The van der Waals surface area contributed by atoms with Gasteiger partial charge in [-0.25, -0.2) is 4.39 Å². The molecule has 0 bridgehead atoms. The van der Waals surface area contributed by atoms with Crippen molar-refractivity contribution in [3.63, 3.8) is 0 Å². The van der Waals surface area contributed by atoms with Crippen LogP contribution in [0.15, 0.2) is 24.3 Å². The van der Waals surface area contributed by atoms with Gasteiger partial charge in [0.1, 0.15) is 5.82 Å². The lowest BCUT2D eigenvalue weighted by atomic mass is 10.1. The molecule has 0 aliphatic heterocycles. The fourth-order valence-corrected chi connectivity index (χ4v) is 2.71. The predicted molar refractivity (Wildman–Crippen MR) is 90.9 cm³/mol. The van der Waals surface area contributed by atoms with Gasteiger partial charge in [-0.1, -0.05) is 12.1 Å². The van der Waals surface area contributed by atoms with Gasteiger partial charge in [0.15, 0.2) is 0 Å². The third-order valence-corrected chi connectivity index (χ3v) is 4.24. The third kappa shape index (κ3) is 5.30. The van der Waals surface area contributed by atoms with E-state index in [0.29, 0.717) is 12.6 Å². The van der Waals surface area contributed by atoms with Gasteiger partial charge in [-0.2, -0.15) is 0 Å². The topological polar surface area (TPSA) is 52.7 Å². The maximum Gasteiger partial charge on any atom is 0.237 e. The van der Waals surface area contributed by atoms with Crippen LogP contribution in [-0.2, 0) is 9.59 Å². The van der Waals surface area contributed by atoms with Crippen molar-refractivity contribution in [1.29, 1.82) is 0 Å². The SMILES string of the molecule is CCN(C(=O)CN(C)CC(=O)NC1CC1)C(C)c1ccc(F)cc1. The maximum atomic E-state index is 13.1. The van der Waals surface area contributed by atoms with Crippen molar-refractivity contribution < 1.29 is 14.0 Å². The van der Waals surface area contributed by atoms with Crippen molar-refractivity contribution in [3.8, 4) is 0 Å². The Labute approximate surface area is 142 Å². The molecule has 1 unspecified atom stereocenters. The number of carbonyl (C=O) groups is 2. The molecule has 6 heteroatoms. The zero-order valence-electron chi connectivity index (χ0n) is 14.6. The molecule has 1 fully saturated rings. The molecule has 1 saturated carbocycles. The Bertz CT molecular complexity index is 572. The van der Waals surface area contributed by atoms with Crippen molar-refractivity contribution >= 4 is 11.8 Å². The highest BCUT2D eigenvalue weighted by Gasteiger charge is 2.25. The number of rotatable bonds is 8. The lowest BCUT2D eigenvalue weighted by Crippen LogP contribution is -2.43. The van der Waals surface area contributed by atoms with Crippen LogP contribution in [0.2, 0.25) is 0 Å². The molecule has 24 heavy (non-hydrogen) atoms. The molecule has 1 aliphatic carbocycles. The molecule has 1 aromatic rings. The van der Waals surface area contributed by atoms with Crippen LogP contribution in [0.4, 0.5) is 4.39 Å². The summed E-state index contributed by atoms with van der Waals surface area (Å²) in [5, 5.41) is 2.91. The van der Waals surface area contributed by atoms with Gasteiger partial charge in [0.2, 0.25) is 11.8 Å². The number of amides is 2. The van der Waals surface area contributed by atoms with Crippen LogP contribution in [0.1, 0.15) is 38.3 Å². The highest BCUT2D eigenvalue weighted by Crippen LogP contribution is 2.21. The van der Waals surface area contributed by atoms with Gasteiger partial charge >= 0.3 is 0 Å². The Hall–Kier alpha value is -1.95. The van der Waals surface area contributed by atoms with Crippen LogP contribution < -0.4 is 5.32 Å². The molecule has 1 aliphatic rings. The van der Waals surface area contributed by atoms with E-state index in [9.17, 15) is 14.0 Å². The Morgan fingerprint density at radius 2 is 1.88 bits per heavy atom. The van der Waals surface area contributed by atoms with Crippen molar-refractivity contribution in [2.75, 3.05) is 26.7 Å². The van der Waals surface area contributed by atoms with Crippen molar-refractivity contribution in [2.24, 2.45) is 0 Å². The number of nitrogens with zero attached hydrogens (tertiary/aromatic N) is 2. The summed E-state index contributed by atoms with van der Waals surface area (Å²) in [7, 11) is 1.76. The van der Waals surface area contributed by atoms with Gasteiger partial charge in [0.25, 0.3) is 0 Å². The number of carbonyl (C=O) groups excluding carboxylic acids is 2. The summed E-state index contributed by atoms with van der Waals surface area (Å²) in [5.41, 5.74) is 0.890. The second-order valence-electron chi connectivity index (χ2n) is 6.42. The molecule has 0 heterocycles. The van der Waals surface area contributed by atoms with Gasteiger partial charge < -0.3 is 10.2 Å². The third-order valence-electron chi connectivity index (χ3n) is 4.24. The maximum absolute atomic E-state index is 13.1. The minimum absolute atomic E-state index is 0.0394. The van der Waals surface area contributed by atoms with Crippen molar-refractivity contribution in [1.82, 2.24) is 15.1 Å². The molecule has 0 saturated heterocycles. The highest BCUT2D eigenvalue weighted by atomic mass is 19.1. The van der Waals surface area contributed by atoms with Crippen molar-refractivity contribution in [3.05, 3.63) is 35.6 Å². The monoisotopic (exact) mass is 335 g/mol. The first-order valence-corrected chi connectivity index (χ1v) is 8.43. The molecule has 2 amide bonds. The van der Waals surface area contributed by atoms with Crippen LogP contribution in [0, 0.1) is 5.82 Å². The minimum atomic E-state index is -0.290. The molecule has 1 N–H and O–H groups in total. The molecule has 1 aromatic carbocycles. The quantitative estimate of drug-likeness (QED) is 0.790. The zero-order chi connectivity index (χ0) is 17.7. The van der Waals surface area contributed by atoms with E-state index < -0.39 is 0 Å². The largest absolute Gasteiger partial charge is 0.352 e. The molecule has 132 valence electrons. The van der Waals surface area contributed by atoms with E-state index in [1.54, 1.807) is 29.0 Å². The molecule has 5 nitrogen and oxygen atoms in total. The summed E-state index contributed by atoms with van der Waals surface area (Å²) in [4.78, 5) is 27.8. The van der Waals surface area contributed by atoms with Crippen LogP contribution >= 0.6 is 0 Å². The molecule has 2 rings (SSSR count). The van der Waals surface area contributed by atoms with E-state index in [2.05, 4.69) is 5.32 Å². The first kappa shape index (κ1) is 18.4. The Morgan fingerprint density at radius 3 is 2.42 bits per heavy atom. The fraction of sp³-hybridized carbons (Fsp3) is 0.556. The lowest BCUT2D eigenvalue weighted by molar-refractivity contribution is -0.134. The molecule has 1 atom stereocenters. The Kier molecular flexibility index (Phi) is 6.31. The van der Waals surface area contributed by atoms with E-state index >= 15 is 0 Å². The summed E-state index contributed by atoms with van der Waals surface area (Å²) < 4.78 is 13.1. The smallest absolute Gasteiger partial charge is 0.237 e. The average molecular weight is 335 g/mol. The number of hydrogen-bond donors (Lipinski definition) is 1. The second kappa shape index (κ2) is 8.24. The molecular formula is C18H26FN3O2. The summed E-state index contributed by atoms with van der Waals surface area (Å²) in [5.74, 6) is -0.375. The standard InChI is InChI=1S/C18H26FN3O2/c1-4-22(13(2)14-5-7-15(19)8-6-14)18(24)12-21(3)11-17(23)20-16-9-10-16/h5-8,13,16H,4,9-12H2,1-3H3,(H,20,23). The minimum Gasteiger partial charge on any atom is -0.352 e. The van der Waals surface area contributed by atoms with Gasteiger partial charge in [0, 0.05) is 12.6 Å². The Morgan fingerprint density at radius 1 is 1.25 bits per heavy atom. The van der Waals surface area contributed by atoms with Crippen LogP contribution in [0.25, 0.3) is 0 Å². The summed E-state index contributed by atoms with van der Waals surface area (Å²) in [6, 6.07) is 6.38. The van der Waals surface area contributed by atoms with Gasteiger partial charge in [-0.15, -0.1) is 0 Å². The molecular weight excluding hydrogens is 309 g/mol. The average Bonchev–Trinajstić information content (AvgIpc) is 3.31. The second-order valence-corrected chi connectivity index (χ2v) is 6.42. The van der Waals surface area contributed by atoms with E-state index in [-0.39, 0.29) is 36.8 Å². The number of halogens is 1. The normalized spacial score (nSPS) is 15.2. The van der Waals surface area contributed by atoms with E-state index in [1.807, 2.05) is 13.8 Å². The highest BCUT2D eigenvalue weighted by molar-refractivity contribution is 5.81. The first-order valence-electron chi connectivity index (χ1n) is 8.43. The Balaban J connectivity index is 1.89. The predicted octanol–water partition coefficient (Wildman–Crippen LogP) is 1.95. The van der Waals surface area contributed by atoms with Crippen LogP contribution in [0.5, 0.6) is 0 Å². The number of likely N-dealkylation sites (N-methyl/N-ethyl adjacent to an activating group) is 2. The van der Waals surface area contributed by atoms with Crippen LogP contribution in [0.3, 0.4) is 0 Å². The summed E-state index contributed by atoms with van der Waals surface area (Å²) in [6.07, 6.45) is 2.10. The van der Waals surface area contributed by atoms with E-state index in [4.69, 9.17) is 0 Å². The first-order chi connectivity index (χ1) is 11.4. The summed E-state index contributed by atoms with van der Waals surface area (Å²) in [6.45, 7) is 4.79. The molecule has 0 spiro atoms. The number of nitrogens with one attached hydrogen (secondary N) is 1. The number of hydrogen-bond acceptors (Lipinski definition) is 3.